The molecule has 0 fully saturated rings. The van der Waals surface area contributed by atoms with Crippen LogP contribution in [0.25, 0.3) is 10.8 Å². The summed E-state index contributed by atoms with van der Waals surface area (Å²) in [6.07, 6.45) is 0. The van der Waals surface area contributed by atoms with Gasteiger partial charge in [-0.2, -0.15) is 4.91 Å². The fourth-order valence-corrected chi connectivity index (χ4v) is 3.02. The lowest BCUT2D eigenvalue weighted by atomic mass is 10.1. The Morgan fingerprint density at radius 2 is 1.91 bits per heavy atom. The van der Waals surface area contributed by atoms with Crippen molar-refractivity contribution >= 4 is 22.5 Å². The molecule has 0 aliphatic carbocycles. The van der Waals surface area contributed by atoms with Gasteiger partial charge in [-0.25, -0.2) is 4.98 Å². The Bertz CT molecular complexity index is 876. The molecule has 1 N–H and O–H groups in total. The number of thioether (sulfide) groups is 1. The van der Waals surface area contributed by atoms with Crippen molar-refractivity contribution < 1.29 is 0 Å². The molecule has 0 aliphatic rings. The summed E-state index contributed by atoms with van der Waals surface area (Å²) in [6, 6.07) is 15.7. The maximum absolute atomic E-state index is 11.5. The molecule has 0 saturated carbocycles. The number of benzene rings is 2. The van der Waals surface area contributed by atoms with E-state index >= 15 is 0 Å². The molecule has 6 heteroatoms. The Hall–Kier alpha value is -2.47. The predicted octanol–water partition coefficient (Wildman–Crippen LogP) is 3.48. The smallest absolute Gasteiger partial charge is 0.251 e. The first-order valence-corrected chi connectivity index (χ1v) is 7.73. The van der Waals surface area contributed by atoms with Gasteiger partial charge in [0, 0.05) is 11.8 Å². The molecule has 0 amide bonds. The number of H-pyrrole nitrogens is 1. The van der Waals surface area contributed by atoms with Crippen LogP contribution in [0.4, 0.5) is 0 Å². The van der Waals surface area contributed by atoms with Gasteiger partial charge in [-0.05, 0) is 16.3 Å². The molecule has 2 aromatic carbocycles. The molecule has 1 heterocycles. The van der Waals surface area contributed by atoms with Gasteiger partial charge in [-0.15, -0.1) is 0 Å². The Balaban J connectivity index is 1.78. The van der Waals surface area contributed by atoms with Crippen molar-refractivity contribution in [3.05, 3.63) is 75.0 Å². The number of aromatic nitrogens is 2. The van der Waals surface area contributed by atoms with Crippen LogP contribution in [-0.4, -0.2) is 9.97 Å². The Kier molecular flexibility index (Phi) is 4.29. The highest BCUT2D eigenvalue weighted by molar-refractivity contribution is 7.98. The zero-order valence-electron chi connectivity index (χ0n) is 11.7. The van der Waals surface area contributed by atoms with Crippen molar-refractivity contribution in [1.29, 1.82) is 0 Å². The second-order valence-electron chi connectivity index (χ2n) is 4.80. The van der Waals surface area contributed by atoms with Crippen molar-refractivity contribution in [3.63, 3.8) is 0 Å². The molecule has 0 aliphatic heterocycles. The lowest BCUT2D eigenvalue weighted by Crippen LogP contribution is -2.09. The summed E-state index contributed by atoms with van der Waals surface area (Å²) < 4.78 is 0. The van der Waals surface area contributed by atoms with Gasteiger partial charge in [0.05, 0.1) is 5.69 Å². The third kappa shape index (κ3) is 3.40. The van der Waals surface area contributed by atoms with Gasteiger partial charge in [0.1, 0.15) is 6.54 Å². The summed E-state index contributed by atoms with van der Waals surface area (Å²) in [4.78, 5) is 28.7. The topological polar surface area (TPSA) is 75.2 Å². The SMILES string of the molecule is O=NCc1cc(=O)[nH]c(SCc2ccc3ccccc3c2)n1. The van der Waals surface area contributed by atoms with Gasteiger partial charge in [0.25, 0.3) is 5.56 Å². The third-order valence-electron chi connectivity index (χ3n) is 3.19. The largest absolute Gasteiger partial charge is 0.301 e. The van der Waals surface area contributed by atoms with Crippen molar-refractivity contribution in [2.75, 3.05) is 0 Å². The first-order valence-electron chi connectivity index (χ1n) is 6.74. The summed E-state index contributed by atoms with van der Waals surface area (Å²) in [7, 11) is 0. The molecule has 1 aromatic heterocycles. The Morgan fingerprint density at radius 1 is 1.09 bits per heavy atom. The molecule has 3 rings (SSSR count). The normalized spacial score (nSPS) is 10.7. The van der Waals surface area contributed by atoms with Gasteiger partial charge >= 0.3 is 0 Å². The molecule has 3 aromatic rings. The zero-order valence-corrected chi connectivity index (χ0v) is 12.5. The molecule has 0 spiro atoms. The fraction of sp³-hybridized carbons (Fsp3) is 0.125. The predicted molar refractivity (Wildman–Crippen MR) is 87.9 cm³/mol. The average Bonchev–Trinajstić information content (AvgIpc) is 2.52. The molecule has 0 unspecified atom stereocenters. The van der Waals surface area contributed by atoms with Crippen molar-refractivity contribution in [2.45, 2.75) is 17.5 Å². The van der Waals surface area contributed by atoms with Crippen LogP contribution in [0.2, 0.25) is 0 Å². The number of rotatable bonds is 5. The van der Waals surface area contributed by atoms with Crippen LogP contribution in [0.3, 0.4) is 0 Å². The van der Waals surface area contributed by atoms with E-state index in [2.05, 4.69) is 45.5 Å². The summed E-state index contributed by atoms with van der Waals surface area (Å²) >= 11 is 1.43. The van der Waals surface area contributed by atoms with Crippen molar-refractivity contribution in [3.8, 4) is 0 Å². The minimum Gasteiger partial charge on any atom is -0.301 e. The number of nitrogens with one attached hydrogen (secondary N) is 1. The van der Waals surface area contributed by atoms with Crippen molar-refractivity contribution in [1.82, 2.24) is 9.97 Å². The first kappa shape index (κ1) is 14.5. The average molecular weight is 311 g/mol. The molecule has 0 saturated heterocycles. The van der Waals surface area contributed by atoms with Gasteiger partial charge in [-0.1, -0.05) is 59.4 Å². The zero-order chi connectivity index (χ0) is 15.4. The van der Waals surface area contributed by atoms with Crippen molar-refractivity contribution in [2.24, 2.45) is 5.18 Å². The van der Waals surface area contributed by atoms with Crippen LogP contribution >= 0.6 is 11.8 Å². The third-order valence-corrected chi connectivity index (χ3v) is 4.13. The maximum Gasteiger partial charge on any atom is 0.251 e. The summed E-state index contributed by atoms with van der Waals surface area (Å²) in [5, 5.41) is 5.64. The molecule has 5 nitrogen and oxygen atoms in total. The summed E-state index contributed by atoms with van der Waals surface area (Å²) in [5.41, 5.74) is 1.26. The molecule has 22 heavy (non-hydrogen) atoms. The highest BCUT2D eigenvalue weighted by Crippen LogP contribution is 2.22. The molecule has 110 valence electrons. The highest BCUT2D eigenvalue weighted by atomic mass is 32.2. The van der Waals surface area contributed by atoms with E-state index in [1.54, 1.807) is 0 Å². The van der Waals surface area contributed by atoms with E-state index in [1.165, 1.54) is 28.6 Å². The van der Waals surface area contributed by atoms with Crippen LogP contribution < -0.4 is 5.56 Å². The molecule has 0 bridgehead atoms. The number of hydrogen-bond donors (Lipinski definition) is 1. The summed E-state index contributed by atoms with van der Waals surface area (Å²) in [6.45, 7) is -0.0898. The molecule has 0 radical (unpaired) electrons. The maximum atomic E-state index is 11.5. The lowest BCUT2D eigenvalue weighted by molar-refractivity contribution is 0.853. The quantitative estimate of drug-likeness (QED) is 0.444. The minimum atomic E-state index is -0.269. The van der Waals surface area contributed by atoms with E-state index in [0.29, 0.717) is 16.6 Å². The van der Waals surface area contributed by atoms with Crippen LogP contribution in [0.5, 0.6) is 0 Å². The number of fused-ring (bicyclic) bond motifs is 1. The van der Waals surface area contributed by atoms with E-state index in [0.717, 1.165) is 5.56 Å². The van der Waals surface area contributed by atoms with E-state index in [4.69, 9.17) is 0 Å². The number of nitroso groups, excluding NO2 is 1. The van der Waals surface area contributed by atoms with Gasteiger partial charge in [0.2, 0.25) is 0 Å². The second-order valence-corrected chi connectivity index (χ2v) is 5.76. The van der Waals surface area contributed by atoms with Crippen LogP contribution in [0, 0.1) is 4.91 Å². The van der Waals surface area contributed by atoms with Crippen LogP contribution in [0.15, 0.2) is 63.7 Å². The molecular formula is C16H13N3O2S. The standard InChI is InChI=1S/C16H13N3O2S/c20-15-8-14(9-17-21)18-16(19-15)22-10-11-5-6-12-3-1-2-4-13(12)7-11/h1-8H,9-10H2,(H,18,19,20). The highest BCUT2D eigenvalue weighted by Gasteiger charge is 2.04. The lowest BCUT2D eigenvalue weighted by Gasteiger charge is -2.04. The minimum absolute atomic E-state index is 0.0898. The van der Waals surface area contributed by atoms with Gasteiger partial charge in [0.15, 0.2) is 5.16 Å². The van der Waals surface area contributed by atoms with Crippen LogP contribution in [0.1, 0.15) is 11.3 Å². The monoisotopic (exact) mass is 311 g/mol. The van der Waals surface area contributed by atoms with E-state index < -0.39 is 0 Å². The van der Waals surface area contributed by atoms with Gasteiger partial charge < -0.3 is 4.98 Å². The Morgan fingerprint density at radius 3 is 2.73 bits per heavy atom. The fourth-order valence-electron chi connectivity index (χ4n) is 2.18. The van der Waals surface area contributed by atoms with E-state index in [9.17, 15) is 9.70 Å². The van der Waals surface area contributed by atoms with Gasteiger partial charge in [-0.3, -0.25) is 4.79 Å². The number of nitrogens with zero attached hydrogens (tertiary/aromatic N) is 2. The number of hydrogen-bond acceptors (Lipinski definition) is 5. The Labute approximate surface area is 130 Å². The van der Waals surface area contributed by atoms with Crippen LogP contribution in [-0.2, 0) is 12.3 Å². The van der Waals surface area contributed by atoms with E-state index in [1.807, 2.05) is 12.1 Å². The number of aromatic amines is 1. The second kappa shape index (κ2) is 6.53. The van der Waals surface area contributed by atoms with E-state index in [-0.39, 0.29) is 12.1 Å². The first-order chi connectivity index (χ1) is 10.7. The summed E-state index contributed by atoms with van der Waals surface area (Å²) in [5.74, 6) is 0.686. The molecule has 0 atom stereocenters. The molecular weight excluding hydrogens is 298 g/mol.